The highest BCUT2D eigenvalue weighted by Crippen LogP contribution is 2.28. The van der Waals surface area contributed by atoms with Crippen LogP contribution in [0.5, 0.6) is 0 Å². The first-order valence-electron chi connectivity index (χ1n) is 7.58. The first kappa shape index (κ1) is 17.4. The van der Waals surface area contributed by atoms with E-state index >= 15 is 0 Å². The van der Waals surface area contributed by atoms with E-state index in [9.17, 15) is 22.4 Å². The van der Waals surface area contributed by atoms with Crippen LogP contribution in [0.15, 0.2) is 24.3 Å². The number of carbonyl (C=O) groups is 2. The van der Waals surface area contributed by atoms with Crippen LogP contribution in [0.4, 0.5) is 9.18 Å². The van der Waals surface area contributed by atoms with Crippen molar-refractivity contribution in [1.82, 2.24) is 9.21 Å². The lowest BCUT2D eigenvalue weighted by Gasteiger charge is -2.34. The van der Waals surface area contributed by atoms with Crippen LogP contribution < -0.4 is 0 Å². The first-order chi connectivity index (χ1) is 11.4. The molecular formula is C15H17FN2O4S2. The molecule has 24 heavy (non-hydrogen) atoms. The van der Waals surface area contributed by atoms with Gasteiger partial charge in [-0.1, -0.05) is 23.9 Å². The number of halogens is 1. The number of imide groups is 1. The minimum absolute atomic E-state index is 0.164. The highest BCUT2D eigenvalue weighted by Gasteiger charge is 2.39. The van der Waals surface area contributed by atoms with Gasteiger partial charge in [-0.2, -0.15) is 0 Å². The summed E-state index contributed by atoms with van der Waals surface area (Å²) in [5.41, 5.74) is 0.401. The fraction of sp³-hybridized carbons (Fsp3) is 0.467. The smallest absolute Gasteiger partial charge is 0.273 e. The second-order valence-corrected chi connectivity index (χ2v) is 8.73. The number of thioether (sulfide) groups is 1. The van der Waals surface area contributed by atoms with Crippen molar-refractivity contribution in [3.63, 3.8) is 0 Å². The molecule has 1 aromatic rings. The normalized spacial score (nSPS) is 20.8. The number of nitrogens with zero attached hydrogens (tertiary/aromatic N) is 2. The summed E-state index contributed by atoms with van der Waals surface area (Å²) in [5, 5.41) is -0.249. The predicted octanol–water partition coefficient (Wildman–Crippen LogP) is 1.82. The van der Waals surface area contributed by atoms with E-state index in [-0.39, 0.29) is 41.8 Å². The Hall–Kier alpha value is -1.45. The van der Waals surface area contributed by atoms with Crippen molar-refractivity contribution in [1.29, 1.82) is 0 Å². The van der Waals surface area contributed by atoms with Crippen molar-refractivity contribution in [3.05, 3.63) is 35.6 Å². The molecule has 0 aromatic heterocycles. The molecule has 130 valence electrons. The molecule has 2 aliphatic rings. The van der Waals surface area contributed by atoms with E-state index in [4.69, 9.17) is 0 Å². The van der Waals surface area contributed by atoms with Crippen LogP contribution in [0, 0.1) is 5.82 Å². The van der Waals surface area contributed by atoms with Gasteiger partial charge in [0.15, 0.2) is 0 Å². The predicted molar refractivity (Wildman–Crippen MR) is 88.3 cm³/mol. The Morgan fingerprint density at radius 3 is 2.50 bits per heavy atom. The molecule has 0 N–H and O–H groups in total. The molecule has 0 unspecified atom stereocenters. The third kappa shape index (κ3) is 3.62. The SMILES string of the molecule is O=C1CSC(=O)N1C1CCN(S(=O)(=O)Cc2cccc(F)c2)CC1. The van der Waals surface area contributed by atoms with Gasteiger partial charge in [0, 0.05) is 19.1 Å². The molecule has 9 heteroatoms. The molecule has 2 aliphatic heterocycles. The van der Waals surface area contributed by atoms with Crippen molar-refractivity contribution in [2.75, 3.05) is 18.8 Å². The summed E-state index contributed by atoms with van der Waals surface area (Å²) in [6, 6.07) is 5.30. The Morgan fingerprint density at radius 2 is 1.92 bits per heavy atom. The third-order valence-electron chi connectivity index (χ3n) is 4.20. The van der Waals surface area contributed by atoms with Crippen LogP contribution in [0.1, 0.15) is 18.4 Å². The molecule has 0 spiro atoms. The average molecular weight is 372 g/mol. The molecular weight excluding hydrogens is 355 g/mol. The zero-order chi connectivity index (χ0) is 17.3. The van der Waals surface area contributed by atoms with Crippen LogP contribution >= 0.6 is 11.8 Å². The van der Waals surface area contributed by atoms with E-state index < -0.39 is 15.8 Å². The van der Waals surface area contributed by atoms with Crippen LogP contribution in [0.25, 0.3) is 0 Å². The lowest BCUT2D eigenvalue weighted by Crippen LogP contribution is -2.48. The number of hydrogen-bond acceptors (Lipinski definition) is 5. The minimum Gasteiger partial charge on any atom is -0.273 e. The summed E-state index contributed by atoms with van der Waals surface area (Å²) in [6.07, 6.45) is 0.862. The zero-order valence-corrected chi connectivity index (χ0v) is 14.5. The van der Waals surface area contributed by atoms with Crippen molar-refractivity contribution in [2.45, 2.75) is 24.6 Å². The molecule has 0 saturated carbocycles. The molecule has 2 fully saturated rings. The summed E-state index contributed by atoms with van der Waals surface area (Å²) in [5.74, 6) is -0.764. The highest BCUT2D eigenvalue weighted by molar-refractivity contribution is 8.14. The highest BCUT2D eigenvalue weighted by atomic mass is 32.2. The molecule has 0 bridgehead atoms. The van der Waals surface area contributed by atoms with Gasteiger partial charge in [-0.3, -0.25) is 14.5 Å². The van der Waals surface area contributed by atoms with Crippen LogP contribution in [-0.2, 0) is 20.6 Å². The van der Waals surface area contributed by atoms with Gasteiger partial charge in [0.1, 0.15) is 5.82 Å². The number of rotatable bonds is 4. The molecule has 2 amide bonds. The minimum atomic E-state index is -3.55. The Bertz CT molecular complexity index is 744. The summed E-state index contributed by atoms with van der Waals surface area (Å²) < 4.78 is 39.5. The first-order valence-corrected chi connectivity index (χ1v) is 10.2. The monoisotopic (exact) mass is 372 g/mol. The van der Waals surface area contributed by atoms with E-state index in [0.717, 1.165) is 11.8 Å². The van der Waals surface area contributed by atoms with Crippen molar-refractivity contribution >= 4 is 32.9 Å². The fourth-order valence-electron chi connectivity index (χ4n) is 3.02. The molecule has 2 saturated heterocycles. The maximum absolute atomic E-state index is 13.2. The van der Waals surface area contributed by atoms with Gasteiger partial charge >= 0.3 is 0 Å². The number of carbonyl (C=O) groups excluding carboxylic acids is 2. The quantitative estimate of drug-likeness (QED) is 0.806. The number of benzene rings is 1. The van der Waals surface area contributed by atoms with Crippen molar-refractivity contribution in [3.8, 4) is 0 Å². The lowest BCUT2D eigenvalue weighted by atomic mass is 10.1. The largest absolute Gasteiger partial charge is 0.289 e. The van der Waals surface area contributed by atoms with Gasteiger partial charge in [-0.05, 0) is 30.5 Å². The molecule has 6 nitrogen and oxygen atoms in total. The molecule has 0 aliphatic carbocycles. The molecule has 3 rings (SSSR count). The van der Waals surface area contributed by atoms with E-state index in [1.807, 2.05) is 0 Å². The molecule has 0 radical (unpaired) electrons. The van der Waals surface area contributed by atoms with Crippen LogP contribution in [0.2, 0.25) is 0 Å². The molecule has 1 aromatic carbocycles. The maximum atomic E-state index is 13.2. The van der Waals surface area contributed by atoms with Crippen molar-refractivity contribution in [2.24, 2.45) is 0 Å². The Morgan fingerprint density at radius 1 is 1.21 bits per heavy atom. The Kier molecular flexibility index (Phi) is 4.93. The fourth-order valence-corrected chi connectivity index (χ4v) is 5.35. The van der Waals surface area contributed by atoms with Gasteiger partial charge in [0.2, 0.25) is 15.9 Å². The van der Waals surface area contributed by atoms with Gasteiger partial charge in [-0.15, -0.1) is 0 Å². The standard InChI is InChI=1S/C15H17FN2O4S2/c16-12-3-1-2-11(8-12)10-24(21,22)17-6-4-13(5-7-17)18-14(19)9-23-15(18)20/h1-3,8,13H,4-7,9-10H2. The Labute approximate surface area is 144 Å². The number of piperidine rings is 1. The van der Waals surface area contributed by atoms with E-state index in [0.29, 0.717) is 18.4 Å². The van der Waals surface area contributed by atoms with E-state index in [1.165, 1.54) is 27.4 Å². The molecule has 2 heterocycles. The number of sulfonamides is 1. The second kappa shape index (κ2) is 6.81. The average Bonchev–Trinajstić information content (AvgIpc) is 2.86. The van der Waals surface area contributed by atoms with Crippen LogP contribution in [-0.4, -0.2) is 53.7 Å². The number of hydrogen-bond donors (Lipinski definition) is 0. The summed E-state index contributed by atoms with van der Waals surface area (Å²) in [6.45, 7) is 0.508. The Balaban J connectivity index is 1.63. The van der Waals surface area contributed by atoms with Crippen molar-refractivity contribution < 1.29 is 22.4 Å². The number of amides is 2. The van der Waals surface area contributed by atoms with Gasteiger partial charge in [0.05, 0.1) is 11.5 Å². The van der Waals surface area contributed by atoms with Gasteiger partial charge in [-0.25, -0.2) is 17.1 Å². The van der Waals surface area contributed by atoms with Gasteiger partial charge in [0.25, 0.3) is 5.24 Å². The third-order valence-corrected chi connectivity index (χ3v) is 6.89. The van der Waals surface area contributed by atoms with E-state index in [1.54, 1.807) is 6.07 Å². The maximum Gasteiger partial charge on any atom is 0.289 e. The summed E-state index contributed by atoms with van der Waals surface area (Å²) >= 11 is 0.987. The van der Waals surface area contributed by atoms with Gasteiger partial charge < -0.3 is 0 Å². The van der Waals surface area contributed by atoms with E-state index in [2.05, 4.69) is 0 Å². The van der Waals surface area contributed by atoms with Crippen LogP contribution in [0.3, 0.4) is 0 Å². The summed E-state index contributed by atoms with van der Waals surface area (Å²) in [4.78, 5) is 24.8. The zero-order valence-electron chi connectivity index (χ0n) is 12.9. The second-order valence-electron chi connectivity index (χ2n) is 5.83. The molecule has 0 atom stereocenters. The lowest BCUT2D eigenvalue weighted by molar-refractivity contribution is -0.126. The topological polar surface area (TPSA) is 74.8 Å². The summed E-state index contributed by atoms with van der Waals surface area (Å²) in [7, 11) is -3.55.